The maximum Gasteiger partial charge on any atom is 0.254 e. The highest BCUT2D eigenvalue weighted by atomic mass is 32.2. The van der Waals surface area contributed by atoms with E-state index >= 15 is 0 Å². The number of sulfonamides is 1. The van der Waals surface area contributed by atoms with Crippen molar-refractivity contribution in [1.82, 2.24) is 9.62 Å². The summed E-state index contributed by atoms with van der Waals surface area (Å²) < 4.78 is 38.5. The third-order valence-electron chi connectivity index (χ3n) is 4.67. The van der Waals surface area contributed by atoms with E-state index in [9.17, 15) is 13.2 Å². The summed E-state index contributed by atoms with van der Waals surface area (Å²) in [5.74, 6) is 1.07. The van der Waals surface area contributed by atoms with Gasteiger partial charge in [0, 0.05) is 30.6 Å². The Labute approximate surface area is 169 Å². The van der Waals surface area contributed by atoms with Gasteiger partial charge in [0.05, 0.1) is 19.8 Å². The molecule has 1 N–H and O–H groups in total. The normalized spacial score (nSPS) is 14.7. The highest BCUT2D eigenvalue weighted by Gasteiger charge is 2.23. The maximum atomic E-state index is 12.7. The summed E-state index contributed by atoms with van der Waals surface area (Å²) >= 11 is 1.05. The summed E-state index contributed by atoms with van der Waals surface area (Å²) in [5, 5.41) is 1.61. The van der Waals surface area contributed by atoms with Crippen molar-refractivity contribution in [2.75, 3.05) is 27.3 Å². The molecule has 9 heteroatoms. The standard InChI is InChI=1S/C19H24N2O5S2/c1-25-16-6-7-17(26-2)14(10-16)12-20-28(23,24)18-11-15(13-27-18)19(22)21-8-4-3-5-9-21/h6-7,10-11,13,20H,3-5,8-9,12H2,1-2H3. The fourth-order valence-corrected chi connectivity index (χ4v) is 5.32. The first kappa shape index (κ1) is 20.6. The lowest BCUT2D eigenvalue weighted by atomic mass is 10.1. The van der Waals surface area contributed by atoms with E-state index in [1.165, 1.54) is 13.2 Å². The minimum atomic E-state index is -3.75. The van der Waals surface area contributed by atoms with Crippen LogP contribution in [0.25, 0.3) is 0 Å². The molecule has 2 heterocycles. The zero-order chi connectivity index (χ0) is 20.1. The minimum absolute atomic E-state index is 0.0516. The number of rotatable bonds is 7. The zero-order valence-electron chi connectivity index (χ0n) is 15.9. The molecule has 0 bridgehead atoms. The Balaban J connectivity index is 1.72. The van der Waals surface area contributed by atoms with Crippen LogP contribution in [0.15, 0.2) is 33.9 Å². The molecule has 1 aliphatic rings. The number of nitrogens with zero attached hydrogens (tertiary/aromatic N) is 1. The molecule has 152 valence electrons. The Morgan fingerprint density at radius 3 is 2.57 bits per heavy atom. The van der Waals surface area contributed by atoms with E-state index in [0.29, 0.717) is 22.6 Å². The van der Waals surface area contributed by atoms with E-state index < -0.39 is 10.0 Å². The molecule has 0 atom stereocenters. The number of likely N-dealkylation sites (tertiary alicyclic amines) is 1. The van der Waals surface area contributed by atoms with Gasteiger partial charge >= 0.3 is 0 Å². The van der Waals surface area contributed by atoms with Gasteiger partial charge in [-0.25, -0.2) is 13.1 Å². The van der Waals surface area contributed by atoms with Crippen LogP contribution >= 0.6 is 11.3 Å². The van der Waals surface area contributed by atoms with Crippen molar-refractivity contribution in [3.63, 3.8) is 0 Å². The molecule has 0 radical (unpaired) electrons. The number of amides is 1. The van der Waals surface area contributed by atoms with Gasteiger partial charge in [-0.05, 0) is 43.5 Å². The molecule has 2 aromatic rings. The number of hydrogen-bond donors (Lipinski definition) is 1. The molecule has 1 aliphatic heterocycles. The van der Waals surface area contributed by atoms with Gasteiger partial charge < -0.3 is 14.4 Å². The van der Waals surface area contributed by atoms with Crippen LogP contribution in [0, 0.1) is 0 Å². The number of ether oxygens (including phenoxy) is 2. The molecule has 3 rings (SSSR count). The molecule has 1 fully saturated rings. The van der Waals surface area contributed by atoms with Crippen LogP contribution in [0.5, 0.6) is 11.5 Å². The number of nitrogens with one attached hydrogen (secondary N) is 1. The smallest absolute Gasteiger partial charge is 0.254 e. The van der Waals surface area contributed by atoms with Crippen molar-refractivity contribution in [2.45, 2.75) is 30.0 Å². The molecule has 0 spiro atoms. The van der Waals surface area contributed by atoms with Gasteiger partial charge in [-0.1, -0.05) is 0 Å². The molecule has 0 unspecified atom stereocenters. The Morgan fingerprint density at radius 2 is 1.89 bits per heavy atom. The van der Waals surface area contributed by atoms with Crippen LogP contribution in [0.2, 0.25) is 0 Å². The summed E-state index contributed by atoms with van der Waals surface area (Å²) in [7, 11) is -0.676. The van der Waals surface area contributed by atoms with Crippen molar-refractivity contribution in [3.05, 3.63) is 40.8 Å². The number of piperidine rings is 1. The Bertz CT molecular complexity index is 934. The summed E-state index contributed by atoms with van der Waals surface area (Å²) in [6.45, 7) is 1.51. The molecule has 7 nitrogen and oxygen atoms in total. The number of hydrogen-bond acceptors (Lipinski definition) is 6. The lowest BCUT2D eigenvalue weighted by molar-refractivity contribution is 0.0725. The van der Waals surface area contributed by atoms with E-state index in [1.807, 2.05) is 0 Å². The SMILES string of the molecule is COc1ccc(OC)c(CNS(=O)(=O)c2cc(C(=O)N3CCCCC3)cs2)c1. The van der Waals surface area contributed by atoms with Crippen LogP contribution in [-0.2, 0) is 16.6 Å². The first-order valence-electron chi connectivity index (χ1n) is 9.03. The topological polar surface area (TPSA) is 84.9 Å². The lowest BCUT2D eigenvalue weighted by Gasteiger charge is -2.26. The second kappa shape index (κ2) is 8.93. The number of thiophene rings is 1. The van der Waals surface area contributed by atoms with Crippen LogP contribution in [0.3, 0.4) is 0 Å². The van der Waals surface area contributed by atoms with Gasteiger partial charge in [0.15, 0.2) is 0 Å². The molecule has 0 aliphatic carbocycles. The number of benzene rings is 1. The van der Waals surface area contributed by atoms with Crippen molar-refractivity contribution in [1.29, 1.82) is 0 Å². The highest BCUT2D eigenvalue weighted by molar-refractivity contribution is 7.91. The van der Waals surface area contributed by atoms with Gasteiger partial charge in [-0.15, -0.1) is 11.3 Å². The Hall–Kier alpha value is -2.10. The van der Waals surface area contributed by atoms with E-state index in [-0.39, 0.29) is 16.7 Å². The van der Waals surface area contributed by atoms with Crippen LogP contribution in [0.1, 0.15) is 35.2 Å². The molecule has 1 amide bonds. The minimum Gasteiger partial charge on any atom is -0.497 e. The van der Waals surface area contributed by atoms with Gasteiger partial charge in [-0.2, -0.15) is 0 Å². The van der Waals surface area contributed by atoms with Gasteiger partial charge in [0.2, 0.25) is 10.0 Å². The monoisotopic (exact) mass is 424 g/mol. The van der Waals surface area contributed by atoms with Gasteiger partial charge in [0.25, 0.3) is 5.91 Å². The van der Waals surface area contributed by atoms with Crippen molar-refractivity contribution in [3.8, 4) is 11.5 Å². The zero-order valence-corrected chi connectivity index (χ0v) is 17.6. The molecule has 1 saturated heterocycles. The first-order chi connectivity index (χ1) is 13.4. The highest BCUT2D eigenvalue weighted by Crippen LogP contribution is 2.26. The summed E-state index contributed by atoms with van der Waals surface area (Å²) in [6.07, 6.45) is 3.11. The lowest BCUT2D eigenvalue weighted by Crippen LogP contribution is -2.35. The molecular weight excluding hydrogens is 400 g/mol. The second-order valence-electron chi connectivity index (χ2n) is 6.51. The summed E-state index contributed by atoms with van der Waals surface area (Å²) in [6, 6.07) is 6.64. The Morgan fingerprint density at radius 1 is 1.14 bits per heavy atom. The molecule has 0 saturated carbocycles. The molecule has 28 heavy (non-hydrogen) atoms. The number of carbonyl (C=O) groups excluding carboxylic acids is 1. The van der Waals surface area contributed by atoms with Crippen molar-refractivity contribution < 1.29 is 22.7 Å². The van der Waals surface area contributed by atoms with Gasteiger partial charge in [0.1, 0.15) is 15.7 Å². The number of methoxy groups -OCH3 is 2. The van der Waals surface area contributed by atoms with Crippen LogP contribution in [0.4, 0.5) is 0 Å². The molecular formula is C19H24N2O5S2. The maximum absolute atomic E-state index is 12.7. The predicted molar refractivity (Wildman–Crippen MR) is 108 cm³/mol. The average molecular weight is 425 g/mol. The first-order valence-corrected chi connectivity index (χ1v) is 11.4. The molecule has 1 aromatic carbocycles. The summed E-state index contributed by atoms with van der Waals surface area (Å²) in [4.78, 5) is 14.3. The predicted octanol–water partition coefficient (Wildman–Crippen LogP) is 2.87. The third-order valence-corrected chi connectivity index (χ3v) is 7.51. The Kier molecular flexibility index (Phi) is 6.58. The number of carbonyl (C=O) groups is 1. The second-order valence-corrected chi connectivity index (χ2v) is 9.41. The van der Waals surface area contributed by atoms with E-state index in [0.717, 1.165) is 43.7 Å². The fourth-order valence-electron chi connectivity index (χ4n) is 3.11. The average Bonchev–Trinajstić information content (AvgIpc) is 3.23. The quantitative estimate of drug-likeness (QED) is 0.739. The van der Waals surface area contributed by atoms with Crippen LogP contribution < -0.4 is 14.2 Å². The third kappa shape index (κ3) is 4.65. The van der Waals surface area contributed by atoms with Crippen molar-refractivity contribution in [2.24, 2.45) is 0 Å². The van der Waals surface area contributed by atoms with E-state index in [2.05, 4.69) is 4.72 Å². The summed E-state index contributed by atoms with van der Waals surface area (Å²) in [5.41, 5.74) is 1.08. The largest absolute Gasteiger partial charge is 0.497 e. The fraction of sp³-hybridized carbons (Fsp3) is 0.421. The van der Waals surface area contributed by atoms with E-state index in [4.69, 9.17) is 9.47 Å². The van der Waals surface area contributed by atoms with Crippen LogP contribution in [-0.4, -0.2) is 46.5 Å². The van der Waals surface area contributed by atoms with E-state index in [1.54, 1.807) is 35.6 Å². The van der Waals surface area contributed by atoms with Gasteiger partial charge in [-0.3, -0.25) is 4.79 Å². The van der Waals surface area contributed by atoms with Crippen molar-refractivity contribution >= 4 is 27.3 Å². The molecule has 1 aromatic heterocycles.